The zero-order valence-corrected chi connectivity index (χ0v) is 9.89. The average molecular weight is 262 g/mol. The Morgan fingerprint density at radius 3 is 2.72 bits per heavy atom. The van der Waals surface area contributed by atoms with Crippen molar-refractivity contribution in [1.29, 1.82) is 0 Å². The second-order valence-electron chi connectivity index (χ2n) is 4.13. The smallest absolute Gasteiger partial charge is 0.245 e. The Balaban J connectivity index is 2.25. The molecular formula is C12H8ClN3O2. The van der Waals surface area contributed by atoms with Crippen molar-refractivity contribution >= 4 is 23.4 Å². The Bertz CT molecular complexity index is 597. The van der Waals surface area contributed by atoms with Gasteiger partial charge in [-0.05, 0) is 18.2 Å². The van der Waals surface area contributed by atoms with E-state index < -0.39 is 17.2 Å². The van der Waals surface area contributed by atoms with E-state index in [9.17, 15) is 9.59 Å². The zero-order valence-electron chi connectivity index (χ0n) is 9.13. The van der Waals surface area contributed by atoms with Crippen molar-refractivity contribution < 1.29 is 9.59 Å². The Labute approximate surface area is 108 Å². The number of carbonyl (C=O) groups is 2. The molecule has 0 aromatic carbocycles. The van der Waals surface area contributed by atoms with Crippen LogP contribution < -0.4 is 5.32 Å². The van der Waals surface area contributed by atoms with E-state index in [1.165, 1.54) is 18.5 Å². The number of rotatable bonds is 1. The lowest BCUT2D eigenvalue weighted by molar-refractivity contribution is -0.126. The molecule has 1 fully saturated rings. The van der Waals surface area contributed by atoms with Crippen LogP contribution >= 0.6 is 11.6 Å². The molecule has 1 aromatic rings. The van der Waals surface area contributed by atoms with Crippen LogP contribution in [0.25, 0.3) is 0 Å². The first-order valence-electron chi connectivity index (χ1n) is 5.34. The molecule has 1 aliphatic heterocycles. The largest absolute Gasteiger partial charge is 0.295 e. The van der Waals surface area contributed by atoms with Crippen LogP contribution in [0.1, 0.15) is 5.82 Å². The lowest BCUT2D eigenvalue weighted by Gasteiger charge is -2.27. The summed E-state index contributed by atoms with van der Waals surface area (Å²) in [5, 5.41) is 2.70. The molecule has 0 spiro atoms. The summed E-state index contributed by atoms with van der Waals surface area (Å²) in [7, 11) is 0. The molecule has 6 heteroatoms. The molecule has 1 aromatic heterocycles. The Hall–Kier alpha value is -2.01. The highest BCUT2D eigenvalue weighted by atomic mass is 35.5. The quantitative estimate of drug-likeness (QED) is 0.755. The highest BCUT2D eigenvalue weighted by Gasteiger charge is 2.57. The van der Waals surface area contributed by atoms with Gasteiger partial charge in [-0.25, -0.2) is 9.97 Å². The van der Waals surface area contributed by atoms with Crippen molar-refractivity contribution in [2.24, 2.45) is 5.92 Å². The molecule has 18 heavy (non-hydrogen) atoms. The first-order valence-corrected chi connectivity index (χ1v) is 5.72. The highest BCUT2D eigenvalue weighted by molar-refractivity contribution is 6.32. The van der Waals surface area contributed by atoms with Crippen molar-refractivity contribution in [3.05, 3.63) is 47.5 Å². The maximum atomic E-state index is 12.1. The van der Waals surface area contributed by atoms with Crippen molar-refractivity contribution in [3.63, 3.8) is 0 Å². The predicted octanol–water partition coefficient (Wildman–Crippen LogP) is 0.679. The SMILES string of the molecule is O=C1NC(=O)C2(c3ncccn3)C=C(Cl)C=CC12. The fraction of sp³-hybridized carbons (Fsp3) is 0.167. The molecule has 1 N–H and O–H groups in total. The molecule has 2 unspecified atom stereocenters. The van der Waals surface area contributed by atoms with Crippen LogP contribution in [0.2, 0.25) is 0 Å². The number of carbonyl (C=O) groups excluding carboxylic acids is 2. The molecule has 0 bridgehead atoms. The second kappa shape index (κ2) is 3.74. The average Bonchev–Trinajstić information content (AvgIpc) is 2.63. The van der Waals surface area contributed by atoms with Crippen LogP contribution in [0.4, 0.5) is 0 Å². The molecule has 5 nitrogen and oxygen atoms in total. The van der Waals surface area contributed by atoms with Gasteiger partial charge in [0.15, 0.2) is 0 Å². The maximum absolute atomic E-state index is 12.1. The summed E-state index contributed by atoms with van der Waals surface area (Å²) in [6.07, 6.45) is 7.81. The summed E-state index contributed by atoms with van der Waals surface area (Å²) in [6.45, 7) is 0. The second-order valence-corrected chi connectivity index (χ2v) is 4.56. The van der Waals surface area contributed by atoms with Gasteiger partial charge in [0, 0.05) is 17.4 Å². The third kappa shape index (κ3) is 1.34. The Morgan fingerprint density at radius 2 is 2.00 bits per heavy atom. The molecule has 90 valence electrons. The first kappa shape index (κ1) is 11.1. The van der Waals surface area contributed by atoms with Gasteiger partial charge in [-0.15, -0.1) is 0 Å². The van der Waals surface area contributed by atoms with Gasteiger partial charge in [-0.1, -0.05) is 17.7 Å². The van der Waals surface area contributed by atoms with Crippen LogP contribution in [-0.2, 0) is 15.0 Å². The summed E-state index contributed by atoms with van der Waals surface area (Å²) in [4.78, 5) is 32.1. The van der Waals surface area contributed by atoms with Gasteiger partial charge in [0.25, 0.3) is 0 Å². The fourth-order valence-electron chi connectivity index (χ4n) is 2.31. The monoisotopic (exact) mass is 261 g/mol. The number of allylic oxidation sites excluding steroid dienone is 2. The lowest BCUT2D eigenvalue weighted by atomic mass is 9.73. The molecule has 0 saturated carbocycles. The summed E-state index contributed by atoms with van der Waals surface area (Å²) < 4.78 is 0. The molecule has 3 rings (SSSR count). The van der Waals surface area contributed by atoms with Crippen LogP contribution in [0, 0.1) is 5.92 Å². The highest BCUT2D eigenvalue weighted by Crippen LogP contribution is 2.41. The van der Waals surface area contributed by atoms with Gasteiger partial charge in [-0.2, -0.15) is 0 Å². The van der Waals surface area contributed by atoms with E-state index in [1.54, 1.807) is 18.2 Å². The van der Waals surface area contributed by atoms with Crippen LogP contribution in [0.3, 0.4) is 0 Å². The van der Waals surface area contributed by atoms with Gasteiger partial charge in [0.1, 0.15) is 11.2 Å². The molecule has 1 saturated heterocycles. The van der Waals surface area contributed by atoms with Gasteiger partial charge >= 0.3 is 0 Å². The van der Waals surface area contributed by atoms with E-state index in [0.29, 0.717) is 5.03 Å². The number of halogens is 1. The van der Waals surface area contributed by atoms with E-state index in [2.05, 4.69) is 15.3 Å². The molecule has 0 radical (unpaired) electrons. The summed E-state index contributed by atoms with van der Waals surface area (Å²) >= 11 is 5.96. The van der Waals surface area contributed by atoms with Crippen LogP contribution in [0.5, 0.6) is 0 Å². The number of imide groups is 1. The Kier molecular flexibility index (Phi) is 2.31. The number of amides is 2. The van der Waals surface area contributed by atoms with Gasteiger partial charge in [-0.3, -0.25) is 14.9 Å². The third-order valence-electron chi connectivity index (χ3n) is 3.13. The van der Waals surface area contributed by atoms with Crippen molar-refractivity contribution in [1.82, 2.24) is 15.3 Å². The minimum Gasteiger partial charge on any atom is -0.295 e. The topological polar surface area (TPSA) is 72.0 Å². The molecular weight excluding hydrogens is 254 g/mol. The molecule has 1 aliphatic carbocycles. The van der Waals surface area contributed by atoms with Crippen LogP contribution in [-0.4, -0.2) is 21.8 Å². The molecule has 2 amide bonds. The summed E-state index contributed by atoms with van der Waals surface area (Å²) in [5.41, 5.74) is -1.22. The lowest BCUT2D eigenvalue weighted by Crippen LogP contribution is -2.40. The number of hydrogen-bond donors (Lipinski definition) is 1. The van der Waals surface area contributed by atoms with Crippen molar-refractivity contribution in [2.75, 3.05) is 0 Å². The number of hydrogen-bond acceptors (Lipinski definition) is 4. The zero-order chi connectivity index (χ0) is 12.8. The molecule has 2 heterocycles. The van der Waals surface area contributed by atoms with E-state index in [4.69, 9.17) is 11.6 Å². The predicted molar refractivity (Wildman–Crippen MR) is 63.4 cm³/mol. The van der Waals surface area contributed by atoms with E-state index in [-0.39, 0.29) is 11.7 Å². The fourth-order valence-corrected chi connectivity index (χ4v) is 2.55. The van der Waals surface area contributed by atoms with Crippen LogP contribution in [0.15, 0.2) is 41.7 Å². The number of fused-ring (bicyclic) bond motifs is 1. The van der Waals surface area contributed by atoms with Gasteiger partial charge in [0.2, 0.25) is 11.8 Å². The van der Waals surface area contributed by atoms with Crippen molar-refractivity contribution in [3.8, 4) is 0 Å². The van der Waals surface area contributed by atoms with Crippen molar-refractivity contribution in [2.45, 2.75) is 5.41 Å². The molecule has 2 aliphatic rings. The maximum Gasteiger partial charge on any atom is 0.245 e. The molecule has 2 atom stereocenters. The Morgan fingerprint density at radius 1 is 1.28 bits per heavy atom. The van der Waals surface area contributed by atoms with Gasteiger partial charge < -0.3 is 0 Å². The standard InChI is InChI=1S/C12H8ClN3O2/c13-7-2-3-8-9(17)16-11(18)12(8,6-7)10-14-4-1-5-15-10/h1-6,8H,(H,16,17,18). The van der Waals surface area contributed by atoms with E-state index in [1.807, 2.05) is 0 Å². The number of nitrogens with one attached hydrogen (secondary N) is 1. The summed E-state index contributed by atoms with van der Waals surface area (Å²) in [5.74, 6) is -1.16. The van der Waals surface area contributed by atoms with Gasteiger partial charge in [0.05, 0.1) is 5.92 Å². The minimum absolute atomic E-state index is 0.279. The third-order valence-corrected chi connectivity index (χ3v) is 3.37. The number of nitrogens with zero attached hydrogens (tertiary/aromatic N) is 2. The summed E-state index contributed by atoms with van der Waals surface area (Å²) in [6, 6.07) is 1.65. The minimum atomic E-state index is -1.22. The van der Waals surface area contributed by atoms with E-state index >= 15 is 0 Å². The van der Waals surface area contributed by atoms with E-state index in [0.717, 1.165) is 0 Å². The number of aromatic nitrogens is 2. The first-order chi connectivity index (χ1) is 8.64. The normalized spacial score (nSPS) is 29.8.